The molecule has 0 saturated heterocycles. The highest BCUT2D eigenvalue weighted by molar-refractivity contribution is 5.81. The second-order valence-corrected chi connectivity index (χ2v) is 3.82. The van der Waals surface area contributed by atoms with Crippen LogP contribution in [0.1, 0.15) is 17.7 Å². The molecule has 1 heterocycles. The highest BCUT2D eigenvalue weighted by Crippen LogP contribution is 2.15. The van der Waals surface area contributed by atoms with Crippen molar-refractivity contribution in [2.45, 2.75) is 13.3 Å². The van der Waals surface area contributed by atoms with Gasteiger partial charge in [0.1, 0.15) is 0 Å². The number of hydrogen-bond donors (Lipinski definition) is 1. The van der Waals surface area contributed by atoms with Gasteiger partial charge in [-0.25, -0.2) is 0 Å². The van der Waals surface area contributed by atoms with Gasteiger partial charge < -0.3 is 5.11 Å². The second kappa shape index (κ2) is 4.90. The van der Waals surface area contributed by atoms with E-state index in [1.165, 1.54) is 0 Å². The normalized spacial score (nSPS) is 11.4. The van der Waals surface area contributed by atoms with Crippen LogP contribution < -0.4 is 0 Å². The average Bonchev–Trinajstić information content (AvgIpc) is 2.29. The molecule has 0 radical (unpaired) electrons. The first-order valence-electron chi connectivity index (χ1n) is 5.44. The van der Waals surface area contributed by atoms with Crippen LogP contribution in [0.3, 0.4) is 0 Å². The van der Waals surface area contributed by atoms with E-state index in [2.05, 4.69) is 17.1 Å². The largest absolute Gasteiger partial charge is 0.396 e. The highest BCUT2D eigenvalue weighted by atomic mass is 16.2. The molecule has 1 aromatic carbocycles. The summed E-state index contributed by atoms with van der Waals surface area (Å²) < 4.78 is 0. The van der Waals surface area contributed by atoms with Crippen molar-refractivity contribution in [3.05, 3.63) is 47.7 Å². The minimum Gasteiger partial charge on any atom is -0.396 e. The summed E-state index contributed by atoms with van der Waals surface area (Å²) in [5.41, 5.74) is 3.21. The maximum Gasteiger partial charge on any atom is 0.0705 e. The van der Waals surface area contributed by atoms with Gasteiger partial charge in [0, 0.05) is 17.7 Å². The van der Waals surface area contributed by atoms with E-state index in [4.69, 9.17) is 5.11 Å². The molecule has 82 valence electrons. The summed E-state index contributed by atoms with van der Waals surface area (Å²) in [6.45, 7) is 2.19. The first-order chi connectivity index (χ1) is 7.79. The molecule has 1 N–H and O–H groups in total. The zero-order chi connectivity index (χ0) is 11.4. The summed E-state index contributed by atoms with van der Waals surface area (Å²) in [6, 6.07) is 10.3. The molecule has 0 aliphatic heterocycles. The topological polar surface area (TPSA) is 33.1 Å². The molecule has 0 spiro atoms. The molecule has 2 nitrogen and oxygen atoms in total. The smallest absolute Gasteiger partial charge is 0.0705 e. The number of rotatable bonds is 3. The van der Waals surface area contributed by atoms with Crippen molar-refractivity contribution in [3.63, 3.8) is 0 Å². The number of fused-ring (bicyclic) bond motifs is 1. The standard InChI is InChI=1S/C14H15NO/c1-11-5-7-13-10-12(4-2-3-9-16)6-8-14(13)15-11/h2,4-8,10,16H,3,9H2,1H3. The number of pyridine rings is 1. The zero-order valence-electron chi connectivity index (χ0n) is 9.35. The second-order valence-electron chi connectivity index (χ2n) is 3.82. The van der Waals surface area contributed by atoms with Crippen LogP contribution in [0.2, 0.25) is 0 Å². The summed E-state index contributed by atoms with van der Waals surface area (Å²) in [5.74, 6) is 0. The highest BCUT2D eigenvalue weighted by Gasteiger charge is 1.95. The van der Waals surface area contributed by atoms with Crippen LogP contribution in [0.5, 0.6) is 0 Å². The van der Waals surface area contributed by atoms with Crippen molar-refractivity contribution in [1.82, 2.24) is 4.98 Å². The molecule has 16 heavy (non-hydrogen) atoms. The lowest BCUT2D eigenvalue weighted by atomic mass is 10.1. The maximum atomic E-state index is 8.69. The fourth-order valence-electron chi connectivity index (χ4n) is 1.64. The van der Waals surface area contributed by atoms with Gasteiger partial charge in [0.25, 0.3) is 0 Å². The average molecular weight is 213 g/mol. The van der Waals surface area contributed by atoms with Crippen LogP contribution in [-0.4, -0.2) is 16.7 Å². The molecular weight excluding hydrogens is 198 g/mol. The van der Waals surface area contributed by atoms with E-state index in [0.29, 0.717) is 6.42 Å². The van der Waals surface area contributed by atoms with E-state index in [-0.39, 0.29) is 6.61 Å². The van der Waals surface area contributed by atoms with Crippen molar-refractivity contribution in [2.75, 3.05) is 6.61 Å². The number of aliphatic hydroxyl groups is 1. The molecule has 0 aliphatic carbocycles. The number of nitrogens with zero attached hydrogens (tertiary/aromatic N) is 1. The summed E-state index contributed by atoms with van der Waals surface area (Å²) in [7, 11) is 0. The van der Waals surface area contributed by atoms with Crippen molar-refractivity contribution in [3.8, 4) is 0 Å². The molecule has 0 fully saturated rings. The SMILES string of the molecule is Cc1ccc2cc(C=CCCO)ccc2n1. The van der Waals surface area contributed by atoms with Gasteiger partial charge in [-0.15, -0.1) is 0 Å². The van der Waals surface area contributed by atoms with E-state index in [1.807, 2.05) is 37.3 Å². The number of hydrogen-bond acceptors (Lipinski definition) is 2. The van der Waals surface area contributed by atoms with Crippen molar-refractivity contribution < 1.29 is 5.11 Å². The third-order valence-corrected chi connectivity index (χ3v) is 2.46. The Morgan fingerprint density at radius 2 is 2.12 bits per heavy atom. The maximum absolute atomic E-state index is 8.69. The predicted octanol–water partition coefficient (Wildman–Crippen LogP) is 2.94. The van der Waals surface area contributed by atoms with Crippen LogP contribution in [0.25, 0.3) is 17.0 Å². The van der Waals surface area contributed by atoms with Crippen molar-refractivity contribution in [2.24, 2.45) is 0 Å². The minimum atomic E-state index is 0.199. The molecule has 0 atom stereocenters. The van der Waals surface area contributed by atoms with Crippen LogP contribution in [0, 0.1) is 6.92 Å². The number of benzene rings is 1. The van der Waals surface area contributed by atoms with Crippen LogP contribution in [0.15, 0.2) is 36.4 Å². The third-order valence-electron chi connectivity index (χ3n) is 2.46. The Balaban J connectivity index is 2.33. The number of aliphatic hydroxyl groups excluding tert-OH is 1. The number of aromatic nitrogens is 1. The Labute approximate surface area is 95.3 Å². The van der Waals surface area contributed by atoms with E-state index in [0.717, 1.165) is 22.2 Å². The van der Waals surface area contributed by atoms with Gasteiger partial charge >= 0.3 is 0 Å². The van der Waals surface area contributed by atoms with Gasteiger partial charge in [-0.3, -0.25) is 4.98 Å². The molecule has 2 rings (SSSR count). The van der Waals surface area contributed by atoms with Gasteiger partial charge in [-0.05, 0) is 37.1 Å². The van der Waals surface area contributed by atoms with Crippen molar-refractivity contribution >= 4 is 17.0 Å². The third kappa shape index (κ3) is 2.47. The zero-order valence-corrected chi connectivity index (χ0v) is 9.35. The van der Waals surface area contributed by atoms with Crippen LogP contribution >= 0.6 is 0 Å². The molecule has 0 saturated carbocycles. The molecule has 2 aromatic rings. The Morgan fingerprint density at radius 3 is 2.94 bits per heavy atom. The molecular formula is C14H15NO. The lowest BCUT2D eigenvalue weighted by Gasteiger charge is -2.00. The summed E-state index contributed by atoms with van der Waals surface area (Å²) in [5, 5.41) is 9.84. The van der Waals surface area contributed by atoms with Gasteiger partial charge in [-0.2, -0.15) is 0 Å². The molecule has 0 amide bonds. The molecule has 2 heteroatoms. The van der Waals surface area contributed by atoms with E-state index in [1.54, 1.807) is 0 Å². The van der Waals surface area contributed by atoms with Gasteiger partial charge in [0.2, 0.25) is 0 Å². The van der Waals surface area contributed by atoms with E-state index in [9.17, 15) is 0 Å². The molecule has 0 unspecified atom stereocenters. The van der Waals surface area contributed by atoms with E-state index >= 15 is 0 Å². The fraction of sp³-hybridized carbons (Fsp3) is 0.214. The monoisotopic (exact) mass is 213 g/mol. The molecule has 1 aromatic heterocycles. The van der Waals surface area contributed by atoms with Gasteiger partial charge in [0.05, 0.1) is 5.52 Å². The summed E-state index contributed by atoms with van der Waals surface area (Å²) in [6.07, 6.45) is 4.70. The van der Waals surface area contributed by atoms with Gasteiger partial charge in [0.15, 0.2) is 0 Å². The van der Waals surface area contributed by atoms with E-state index < -0.39 is 0 Å². The summed E-state index contributed by atoms with van der Waals surface area (Å²) in [4.78, 5) is 4.45. The summed E-state index contributed by atoms with van der Waals surface area (Å²) >= 11 is 0. The number of aryl methyl sites for hydroxylation is 1. The van der Waals surface area contributed by atoms with Crippen LogP contribution in [-0.2, 0) is 0 Å². The first-order valence-corrected chi connectivity index (χ1v) is 5.44. The van der Waals surface area contributed by atoms with Crippen molar-refractivity contribution in [1.29, 1.82) is 0 Å². The fourth-order valence-corrected chi connectivity index (χ4v) is 1.64. The Bertz CT molecular complexity index is 517. The molecule has 0 bridgehead atoms. The minimum absolute atomic E-state index is 0.199. The van der Waals surface area contributed by atoms with Gasteiger partial charge in [-0.1, -0.05) is 24.3 Å². The lowest BCUT2D eigenvalue weighted by Crippen LogP contribution is -1.83. The predicted molar refractivity (Wildman–Crippen MR) is 67.2 cm³/mol. The molecule has 0 aliphatic rings. The van der Waals surface area contributed by atoms with Crippen LogP contribution in [0.4, 0.5) is 0 Å². The lowest BCUT2D eigenvalue weighted by molar-refractivity contribution is 0.303. The Morgan fingerprint density at radius 1 is 1.25 bits per heavy atom. The quantitative estimate of drug-likeness (QED) is 0.850. The Hall–Kier alpha value is -1.67. The Kier molecular flexibility index (Phi) is 3.32. The first kappa shape index (κ1) is 10.8.